The summed E-state index contributed by atoms with van der Waals surface area (Å²) in [5, 5.41) is 2.80. The number of carbonyl (C=O) groups excluding carboxylic acids is 1. The third-order valence-corrected chi connectivity index (χ3v) is 3.00. The standard InChI is InChI=1S/C14H22N2O2/c1-9-7-12(13(18-4)8-10(9)2)5-6-16-14(17)11(3)15/h7-8,11H,5-6,15H2,1-4H3,(H,16,17). The van der Waals surface area contributed by atoms with E-state index in [1.54, 1.807) is 14.0 Å². The number of hydrogen-bond donors (Lipinski definition) is 2. The average Bonchev–Trinajstić information content (AvgIpc) is 2.32. The van der Waals surface area contributed by atoms with Crippen LogP contribution in [0.5, 0.6) is 5.75 Å². The number of aryl methyl sites for hydroxylation is 2. The van der Waals surface area contributed by atoms with Gasteiger partial charge in [-0.3, -0.25) is 4.79 Å². The van der Waals surface area contributed by atoms with Gasteiger partial charge in [0.1, 0.15) is 5.75 Å². The van der Waals surface area contributed by atoms with Crippen molar-refractivity contribution in [3.63, 3.8) is 0 Å². The summed E-state index contributed by atoms with van der Waals surface area (Å²) in [6.07, 6.45) is 0.739. The van der Waals surface area contributed by atoms with Gasteiger partial charge in [0.05, 0.1) is 13.2 Å². The number of carbonyl (C=O) groups is 1. The molecule has 1 amide bonds. The second kappa shape index (κ2) is 6.40. The van der Waals surface area contributed by atoms with E-state index in [0.29, 0.717) is 6.54 Å². The van der Waals surface area contributed by atoms with Crippen LogP contribution in [0.15, 0.2) is 12.1 Å². The van der Waals surface area contributed by atoms with Gasteiger partial charge in [0.25, 0.3) is 0 Å². The van der Waals surface area contributed by atoms with Crippen LogP contribution in [0.25, 0.3) is 0 Å². The first-order valence-corrected chi connectivity index (χ1v) is 6.13. The first-order chi connectivity index (χ1) is 8.45. The Morgan fingerprint density at radius 2 is 2.00 bits per heavy atom. The zero-order valence-electron chi connectivity index (χ0n) is 11.5. The average molecular weight is 250 g/mol. The molecule has 1 aromatic rings. The van der Waals surface area contributed by atoms with E-state index in [1.807, 2.05) is 6.07 Å². The van der Waals surface area contributed by atoms with Gasteiger partial charge in [-0.15, -0.1) is 0 Å². The van der Waals surface area contributed by atoms with Crippen molar-refractivity contribution in [2.75, 3.05) is 13.7 Å². The van der Waals surface area contributed by atoms with Crippen molar-refractivity contribution in [2.24, 2.45) is 5.73 Å². The number of nitrogens with two attached hydrogens (primary N) is 1. The molecule has 0 fully saturated rings. The van der Waals surface area contributed by atoms with Crippen molar-refractivity contribution in [1.82, 2.24) is 5.32 Å². The first-order valence-electron chi connectivity index (χ1n) is 6.13. The summed E-state index contributed by atoms with van der Waals surface area (Å²) < 4.78 is 5.35. The van der Waals surface area contributed by atoms with E-state index < -0.39 is 6.04 Å². The van der Waals surface area contributed by atoms with Gasteiger partial charge in [-0.1, -0.05) is 6.07 Å². The fourth-order valence-electron chi connectivity index (χ4n) is 1.72. The summed E-state index contributed by atoms with van der Waals surface area (Å²) in [4.78, 5) is 11.3. The molecule has 3 N–H and O–H groups in total. The molecule has 18 heavy (non-hydrogen) atoms. The fourth-order valence-corrected chi connectivity index (χ4v) is 1.72. The molecule has 4 heteroatoms. The lowest BCUT2D eigenvalue weighted by atomic mass is 10.0. The maximum Gasteiger partial charge on any atom is 0.236 e. The number of methoxy groups -OCH3 is 1. The van der Waals surface area contributed by atoms with Gasteiger partial charge in [0.15, 0.2) is 0 Å². The number of benzene rings is 1. The molecule has 0 saturated heterocycles. The highest BCUT2D eigenvalue weighted by Gasteiger charge is 2.08. The van der Waals surface area contributed by atoms with E-state index in [4.69, 9.17) is 10.5 Å². The van der Waals surface area contributed by atoms with Gasteiger partial charge >= 0.3 is 0 Å². The summed E-state index contributed by atoms with van der Waals surface area (Å²) >= 11 is 0. The van der Waals surface area contributed by atoms with E-state index in [1.165, 1.54) is 11.1 Å². The molecule has 0 saturated carbocycles. The Hall–Kier alpha value is -1.55. The van der Waals surface area contributed by atoms with Crippen LogP contribution in [-0.4, -0.2) is 25.6 Å². The van der Waals surface area contributed by atoms with Crippen LogP contribution >= 0.6 is 0 Å². The van der Waals surface area contributed by atoms with Crippen LogP contribution in [0.4, 0.5) is 0 Å². The Morgan fingerprint density at radius 1 is 1.39 bits per heavy atom. The van der Waals surface area contributed by atoms with Crippen molar-refractivity contribution < 1.29 is 9.53 Å². The quantitative estimate of drug-likeness (QED) is 0.828. The Morgan fingerprint density at radius 3 is 2.56 bits per heavy atom. The molecule has 0 aliphatic carbocycles. The fraction of sp³-hybridized carbons (Fsp3) is 0.500. The number of ether oxygens (including phenoxy) is 1. The molecular weight excluding hydrogens is 228 g/mol. The summed E-state index contributed by atoms with van der Waals surface area (Å²) in [5.74, 6) is 0.742. The van der Waals surface area contributed by atoms with E-state index in [-0.39, 0.29) is 5.91 Å². The molecule has 1 atom stereocenters. The minimum Gasteiger partial charge on any atom is -0.496 e. The monoisotopic (exact) mass is 250 g/mol. The highest BCUT2D eigenvalue weighted by Crippen LogP contribution is 2.23. The molecule has 0 aromatic heterocycles. The maximum absolute atomic E-state index is 11.3. The van der Waals surface area contributed by atoms with Crippen LogP contribution in [0, 0.1) is 13.8 Å². The second-order valence-electron chi connectivity index (χ2n) is 4.58. The SMILES string of the molecule is COc1cc(C)c(C)cc1CCNC(=O)C(C)N. The van der Waals surface area contributed by atoms with Crippen LogP contribution in [-0.2, 0) is 11.2 Å². The number of amides is 1. The lowest BCUT2D eigenvalue weighted by Crippen LogP contribution is -2.39. The molecule has 1 rings (SSSR count). The number of nitrogens with one attached hydrogen (secondary N) is 1. The van der Waals surface area contributed by atoms with Gasteiger partial charge in [-0.2, -0.15) is 0 Å². The number of hydrogen-bond acceptors (Lipinski definition) is 3. The van der Waals surface area contributed by atoms with E-state index in [0.717, 1.165) is 17.7 Å². The van der Waals surface area contributed by atoms with Gasteiger partial charge in [0, 0.05) is 6.54 Å². The molecule has 0 spiro atoms. The molecule has 0 radical (unpaired) electrons. The Balaban J connectivity index is 2.67. The second-order valence-corrected chi connectivity index (χ2v) is 4.58. The summed E-state index contributed by atoms with van der Waals surface area (Å²) in [6.45, 7) is 6.36. The van der Waals surface area contributed by atoms with Gasteiger partial charge in [0.2, 0.25) is 5.91 Å². The van der Waals surface area contributed by atoms with E-state index in [2.05, 4.69) is 25.2 Å². The zero-order chi connectivity index (χ0) is 13.7. The molecule has 1 unspecified atom stereocenters. The Kier molecular flexibility index (Phi) is 5.16. The van der Waals surface area contributed by atoms with Gasteiger partial charge < -0.3 is 15.8 Å². The third kappa shape index (κ3) is 3.74. The summed E-state index contributed by atoms with van der Waals surface area (Å²) in [7, 11) is 1.66. The van der Waals surface area contributed by atoms with Crippen LogP contribution in [0.1, 0.15) is 23.6 Å². The predicted molar refractivity (Wildman–Crippen MR) is 72.8 cm³/mol. The zero-order valence-corrected chi connectivity index (χ0v) is 11.5. The largest absolute Gasteiger partial charge is 0.496 e. The third-order valence-electron chi connectivity index (χ3n) is 3.00. The van der Waals surface area contributed by atoms with Crippen molar-refractivity contribution in [1.29, 1.82) is 0 Å². The minimum atomic E-state index is -0.466. The molecular formula is C14H22N2O2. The highest BCUT2D eigenvalue weighted by molar-refractivity contribution is 5.80. The maximum atomic E-state index is 11.3. The van der Waals surface area contributed by atoms with Crippen molar-refractivity contribution in [3.8, 4) is 5.75 Å². The first kappa shape index (κ1) is 14.5. The van der Waals surface area contributed by atoms with E-state index >= 15 is 0 Å². The molecule has 0 aliphatic rings. The van der Waals surface area contributed by atoms with Crippen LogP contribution in [0.3, 0.4) is 0 Å². The summed E-state index contributed by atoms with van der Waals surface area (Å²) in [5.41, 5.74) is 9.01. The van der Waals surface area contributed by atoms with Gasteiger partial charge in [-0.05, 0) is 49.9 Å². The Labute approximate surface area is 109 Å². The molecule has 0 bridgehead atoms. The smallest absolute Gasteiger partial charge is 0.236 e. The van der Waals surface area contributed by atoms with Crippen molar-refractivity contribution >= 4 is 5.91 Å². The highest BCUT2D eigenvalue weighted by atomic mass is 16.5. The minimum absolute atomic E-state index is 0.127. The Bertz CT molecular complexity index is 428. The molecule has 1 aromatic carbocycles. The van der Waals surface area contributed by atoms with Crippen molar-refractivity contribution in [3.05, 3.63) is 28.8 Å². The van der Waals surface area contributed by atoms with Gasteiger partial charge in [-0.25, -0.2) is 0 Å². The lowest BCUT2D eigenvalue weighted by molar-refractivity contribution is -0.121. The normalized spacial score (nSPS) is 12.1. The van der Waals surface area contributed by atoms with E-state index in [9.17, 15) is 4.79 Å². The summed E-state index contributed by atoms with van der Waals surface area (Å²) in [6, 6.07) is 3.66. The molecule has 100 valence electrons. The molecule has 4 nitrogen and oxygen atoms in total. The van der Waals surface area contributed by atoms with Crippen molar-refractivity contribution in [2.45, 2.75) is 33.2 Å². The number of rotatable bonds is 5. The molecule has 0 heterocycles. The van der Waals surface area contributed by atoms with Crippen LogP contribution in [0.2, 0.25) is 0 Å². The predicted octanol–water partition coefficient (Wildman–Crippen LogP) is 1.32. The molecule has 0 aliphatic heterocycles. The van der Waals surface area contributed by atoms with Crippen LogP contribution < -0.4 is 15.8 Å². The lowest BCUT2D eigenvalue weighted by Gasteiger charge is -2.13. The topological polar surface area (TPSA) is 64.3 Å².